The molecule has 13 heavy (non-hydrogen) atoms. The van der Waals surface area contributed by atoms with Gasteiger partial charge in [-0.1, -0.05) is 31.9 Å². The molecule has 2 saturated heterocycles. The van der Waals surface area contributed by atoms with E-state index in [1.165, 1.54) is 12.8 Å². The quantitative estimate of drug-likeness (QED) is 0.508. The number of hydrogen-bond acceptors (Lipinski definition) is 2. The molecule has 0 amide bonds. The summed E-state index contributed by atoms with van der Waals surface area (Å²) in [7, 11) is 0. The van der Waals surface area contributed by atoms with Gasteiger partial charge in [0.1, 0.15) is 0 Å². The summed E-state index contributed by atoms with van der Waals surface area (Å²) in [5, 5.41) is 9.07. The van der Waals surface area contributed by atoms with Crippen LogP contribution in [0.2, 0.25) is 0 Å². The van der Waals surface area contributed by atoms with E-state index in [-0.39, 0.29) is 0 Å². The third-order valence-electron chi connectivity index (χ3n) is 3.14. The molecule has 0 aromatic heterocycles. The Morgan fingerprint density at radius 3 is 1.85 bits per heavy atom. The molecular weight excluding hydrogens is 296 g/mol. The molecule has 2 rings (SSSR count). The number of piperidine rings is 2. The van der Waals surface area contributed by atoms with Gasteiger partial charge in [-0.15, -0.1) is 0 Å². The fourth-order valence-corrected chi connectivity index (χ4v) is 3.99. The molecule has 0 spiro atoms. The van der Waals surface area contributed by atoms with Crippen molar-refractivity contribution in [3.05, 3.63) is 0 Å². The van der Waals surface area contributed by atoms with E-state index in [0.29, 0.717) is 21.7 Å². The van der Waals surface area contributed by atoms with Crippen molar-refractivity contribution in [1.29, 1.82) is 5.26 Å². The minimum Gasteiger partial charge on any atom is -0.302 e. The maximum Gasteiger partial charge on any atom is 0.179 e. The molecule has 2 bridgehead atoms. The van der Waals surface area contributed by atoms with E-state index in [0.717, 1.165) is 12.8 Å². The van der Waals surface area contributed by atoms with Crippen molar-refractivity contribution >= 4 is 31.9 Å². The minimum absolute atomic E-state index is 0.442. The first kappa shape index (κ1) is 9.79. The van der Waals surface area contributed by atoms with Crippen LogP contribution in [0, 0.1) is 11.5 Å². The van der Waals surface area contributed by atoms with Gasteiger partial charge in [-0.3, -0.25) is 0 Å². The second kappa shape index (κ2) is 3.78. The Bertz CT molecular complexity index is 220. The lowest BCUT2D eigenvalue weighted by atomic mass is 9.85. The fraction of sp³-hybridized carbons (Fsp3) is 0.889. The maximum absolute atomic E-state index is 9.07. The first-order valence-corrected chi connectivity index (χ1v) is 6.53. The molecule has 2 heterocycles. The maximum atomic E-state index is 9.07. The van der Waals surface area contributed by atoms with Crippen LogP contribution in [0.5, 0.6) is 0 Å². The summed E-state index contributed by atoms with van der Waals surface area (Å²) in [6.07, 6.45) is 7.02. The van der Waals surface area contributed by atoms with Crippen LogP contribution < -0.4 is 0 Å². The second-order valence-corrected chi connectivity index (χ2v) is 6.18. The standard InChI is InChI=1S/C9H12Br2N2/c10-6-1-3-8-7(11)2-4-9(6)13(8)5-12/h6-9H,1-4H2/t6-,7+,8?,9?. The van der Waals surface area contributed by atoms with Gasteiger partial charge in [0, 0.05) is 9.65 Å². The first-order valence-electron chi connectivity index (χ1n) is 4.70. The summed E-state index contributed by atoms with van der Waals surface area (Å²) < 4.78 is 0. The number of nitrogens with zero attached hydrogens (tertiary/aromatic N) is 2. The van der Waals surface area contributed by atoms with Crippen molar-refractivity contribution in [3.63, 3.8) is 0 Å². The van der Waals surface area contributed by atoms with Crippen molar-refractivity contribution < 1.29 is 0 Å². The monoisotopic (exact) mass is 306 g/mol. The molecule has 0 aromatic carbocycles. The van der Waals surface area contributed by atoms with Crippen LogP contribution in [0.3, 0.4) is 0 Å². The van der Waals surface area contributed by atoms with Gasteiger partial charge in [0.15, 0.2) is 6.19 Å². The number of fused-ring (bicyclic) bond motifs is 2. The van der Waals surface area contributed by atoms with E-state index >= 15 is 0 Å². The van der Waals surface area contributed by atoms with Crippen LogP contribution in [-0.2, 0) is 0 Å². The zero-order chi connectivity index (χ0) is 9.42. The molecule has 2 aliphatic rings. The van der Waals surface area contributed by atoms with Gasteiger partial charge in [-0.25, -0.2) is 0 Å². The second-order valence-electron chi connectivity index (χ2n) is 3.83. The highest BCUT2D eigenvalue weighted by atomic mass is 79.9. The van der Waals surface area contributed by atoms with Gasteiger partial charge in [-0.2, -0.15) is 5.26 Å². The lowest BCUT2D eigenvalue weighted by Gasteiger charge is -2.47. The van der Waals surface area contributed by atoms with E-state index in [9.17, 15) is 0 Å². The van der Waals surface area contributed by atoms with Gasteiger partial charge in [0.2, 0.25) is 0 Å². The van der Waals surface area contributed by atoms with E-state index in [1.807, 2.05) is 4.90 Å². The van der Waals surface area contributed by atoms with Gasteiger partial charge in [0.25, 0.3) is 0 Å². The van der Waals surface area contributed by atoms with Gasteiger partial charge >= 0.3 is 0 Å². The largest absolute Gasteiger partial charge is 0.302 e. The summed E-state index contributed by atoms with van der Waals surface area (Å²) in [5.41, 5.74) is 0. The lowest BCUT2D eigenvalue weighted by molar-refractivity contribution is 0.112. The van der Waals surface area contributed by atoms with Crippen LogP contribution in [-0.4, -0.2) is 26.6 Å². The van der Waals surface area contributed by atoms with Crippen LogP contribution in [0.4, 0.5) is 0 Å². The predicted octanol–water partition coefficient (Wildman–Crippen LogP) is 2.62. The molecule has 2 nitrogen and oxygen atoms in total. The zero-order valence-corrected chi connectivity index (χ0v) is 10.5. The van der Waals surface area contributed by atoms with Crippen LogP contribution in [0.25, 0.3) is 0 Å². The Morgan fingerprint density at radius 2 is 1.46 bits per heavy atom. The molecule has 0 aliphatic carbocycles. The Morgan fingerprint density at radius 1 is 1.00 bits per heavy atom. The Hall–Kier alpha value is 0.250. The third-order valence-corrected chi connectivity index (χ3v) is 5.28. The summed E-state index contributed by atoms with van der Waals surface area (Å²) in [4.78, 5) is 3.03. The third kappa shape index (κ3) is 1.61. The van der Waals surface area contributed by atoms with Gasteiger partial charge in [0.05, 0.1) is 12.1 Å². The summed E-state index contributed by atoms with van der Waals surface area (Å²) in [5.74, 6) is 0. The highest BCUT2D eigenvalue weighted by Crippen LogP contribution is 2.39. The summed E-state index contributed by atoms with van der Waals surface area (Å²) >= 11 is 7.34. The number of alkyl halides is 2. The van der Waals surface area contributed by atoms with Crippen molar-refractivity contribution in [1.82, 2.24) is 4.90 Å². The van der Waals surface area contributed by atoms with Crippen LogP contribution in [0.1, 0.15) is 25.7 Å². The van der Waals surface area contributed by atoms with Crippen LogP contribution >= 0.6 is 31.9 Å². The average Bonchev–Trinajstić information content (AvgIpc) is 2.14. The van der Waals surface area contributed by atoms with E-state index < -0.39 is 0 Å². The molecule has 0 saturated carbocycles. The zero-order valence-electron chi connectivity index (χ0n) is 7.29. The molecule has 2 aliphatic heterocycles. The number of rotatable bonds is 0. The van der Waals surface area contributed by atoms with Gasteiger partial charge in [-0.05, 0) is 25.7 Å². The van der Waals surface area contributed by atoms with Gasteiger partial charge < -0.3 is 4.90 Å². The predicted molar refractivity (Wildman–Crippen MR) is 58.9 cm³/mol. The van der Waals surface area contributed by atoms with Crippen molar-refractivity contribution in [3.8, 4) is 6.19 Å². The molecule has 4 atom stereocenters. The highest BCUT2D eigenvalue weighted by Gasteiger charge is 2.42. The molecule has 0 aromatic rings. The fourth-order valence-electron chi connectivity index (χ4n) is 2.43. The number of nitriles is 1. The molecule has 2 fully saturated rings. The van der Waals surface area contributed by atoms with Crippen molar-refractivity contribution in [2.24, 2.45) is 0 Å². The Balaban J connectivity index is 2.20. The van der Waals surface area contributed by atoms with E-state index in [2.05, 4.69) is 38.1 Å². The molecular formula is C9H12Br2N2. The smallest absolute Gasteiger partial charge is 0.179 e. The molecule has 0 N–H and O–H groups in total. The molecule has 72 valence electrons. The Kier molecular flexibility index (Phi) is 2.85. The number of halogens is 2. The van der Waals surface area contributed by atoms with Crippen molar-refractivity contribution in [2.45, 2.75) is 47.4 Å². The summed E-state index contributed by atoms with van der Waals surface area (Å²) in [6.45, 7) is 0. The lowest BCUT2D eigenvalue weighted by Crippen LogP contribution is -2.55. The topological polar surface area (TPSA) is 27.0 Å². The first-order chi connectivity index (χ1) is 6.24. The average molecular weight is 308 g/mol. The summed E-state index contributed by atoms with van der Waals surface area (Å²) in [6, 6.07) is 0.884. The van der Waals surface area contributed by atoms with Crippen molar-refractivity contribution in [2.75, 3.05) is 0 Å². The molecule has 2 unspecified atom stereocenters. The van der Waals surface area contributed by atoms with E-state index in [1.54, 1.807) is 0 Å². The Labute approximate surface area is 95.5 Å². The van der Waals surface area contributed by atoms with E-state index in [4.69, 9.17) is 5.26 Å². The highest BCUT2D eigenvalue weighted by molar-refractivity contribution is 9.09. The normalized spacial score (nSPS) is 44.2. The SMILES string of the molecule is N#CN1C2CC[C@H](Br)C1CC[C@H]2Br. The van der Waals surface area contributed by atoms with Crippen LogP contribution in [0.15, 0.2) is 0 Å². The molecule has 0 radical (unpaired) electrons. The molecule has 4 heteroatoms. The number of hydrogen-bond donors (Lipinski definition) is 0. The minimum atomic E-state index is 0.442.